The number of halogens is 1. The maximum absolute atomic E-state index is 12.5. The normalized spacial score (nSPS) is 24.8. The summed E-state index contributed by atoms with van der Waals surface area (Å²) in [7, 11) is 0. The second-order valence-electron chi connectivity index (χ2n) is 7.39. The van der Waals surface area contributed by atoms with Crippen LogP contribution in [0, 0.1) is 11.8 Å². The largest absolute Gasteiger partial charge is 0.423 e. The Hall–Kier alpha value is -1.75. The Morgan fingerprint density at radius 3 is 2.80 bits per heavy atom. The summed E-state index contributed by atoms with van der Waals surface area (Å²) in [6.45, 7) is 3.82. The van der Waals surface area contributed by atoms with E-state index in [-0.39, 0.29) is 11.8 Å². The molecule has 2 aliphatic rings. The molecular formula is C19H24ClN3O2. The third-order valence-corrected chi connectivity index (χ3v) is 5.90. The molecule has 2 aromatic rings. The maximum atomic E-state index is 12.5. The summed E-state index contributed by atoms with van der Waals surface area (Å²) < 4.78 is 5.84. The van der Waals surface area contributed by atoms with E-state index in [1.165, 1.54) is 12.8 Å². The van der Waals surface area contributed by atoms with Gasteiger partial charge in [-0.25, -0.2) is 0 Å². The maximum Gasteiger partial charge on any atom is 0.298 e. The van der Waals surface area contributed by atoms with Crippen molar-refractivity contribution < 1.29 is 9.21 Å². The SMILES string of the molecule is CC1CCCC1NC(=O)C1CCN(c2nc3cc(Cl)ccc3o2)CC1. The van der Waals surface area contributed by atoms with Crippen LogP contribution in [0.25, 0.3) is 11.1 Å². The molecule has 1 N–H and O–H groups in total. The first-order valence-corrected chi connectivity index (χ1v) is 9.59. The van der Waals surface area contributed by atoms with Gasteiger partial charge in [0.05, 0.1) is 0 Å². The zero-order chi connectivity index (χ0) is 17.4. The van der Waals surface area contributed by atoms with Gasteiger partial charge in [0, 0.05) is 30.1 Å². The van der Waals surface area contributed by atoms with Gasteiger partial charge in [-0.3, -0.25) is 4.79 Å². The van der Waals surface area contributed by atoms with Crippen molar-refractivity contribution in [2.24, 2.45) is 11.8 Å². The summed E-state index contributed by atoms with van der Waals surface area (Å²) in [5.74, 6) is 0.932. The Labute approximate surface area is 152 Å². The van der Waals surface area contributed by atoms with Crippen molar-refractivity contribution in [3.05, 3.63) is 23.2 Å². The van der Waals surface area contributed by atoms with Crippen LogP contribution in [-0.2, 0) is 4.79 Å². The van der Waals surface area contributed by atoms with Gasteiger partial charge in [-0.15, -0.1) is 0 Å². The molecule has 1 aliphatic heterocycles. The number of nitrogens with one attached hydrogen (secondary N) is 1. The van der Waals surface area contributed by atoms with E-state index in [1.54, 1.807) is 6.07 Å². The summed E-state index contributed by atoms with van der Waals surface area (Å²) in [4.78, 5) is 19.2. The lowest BCUT2D eigenvalue weighted by Crippen LogP contribution is -2.44. The zero-order valence-electron chi connectivity index (χ0n) is 14.5. The molecular weight excluding hydrogens is 338 g/mol. The van der Waals surface area contributed by atoms with E-state index in [0.29, 0.717) is 23.0 Å². The van der Waals surface area contributed by atoms with Gasteiger partial charge in [0.15, 0.2) is 5.58 Å². The van der Waals surface area contributed by atoms with Crippen LogP contribution in [0.4, 0.5) is 6.01 Å². The summed E-state index contributed by atoms with van der Waals surface area (Å²) in [6, 6.07) is 6.46. The van der Waals surface area contributed by atoms with Gasteiger partial charge in [0.25, 0.3) is 6.01 Å². The quantitative estimate of drug-likeness (QED) is 0.897. The number of rotatable bonds is 3. The number of fused-ring (bicyclic) bond motifs is 1. The highest BCUT2D eigenvalue weighted by Crippen LogP contribution is 2.29. The highest BCUT2D eigenvalue weighted by atomic mass is 35.5. The topological polar surface area (TPSA) is 58.4 Å². The molecule has 0 radical (unpaired) electrons. The first-order valence-electron chi connectivity index (χ1n) is 9.21. The predicted molar refractivity (Wildman–Crippen MR) is 98.9 cm³/mol. The van der Waals surface area contributed by atoms with Crippen LogP contribution in [-0.4, -0.2) is 30.0 Å². The van der Waals surface area contributed by atoms with Crippen molar-refractivity contribution in [3.63, 3.8) is 0 Å². The molecule has 1 aliphatic carbocycles. The fraction of sp³-hybridized carbons (Fsp3) is 0.579. The fourth-order valence-corrected chi connectivity index (χ4v) is 4.18. The number of oxazole rings is 1. The minimum Gasteiger partial charge on any atom is -0.423 e. The molecule has 2 unspecified atom stereocenters. The predicted octanol–water partition coefficient (Wildman–Crippen LogP) is 4.00. The van der Waals surface area contributed by atoms with E-state index >= 15 is 0 Å². The van der Waals surface area contributed by atoms with Gasteiger partial charge < -0.3 is 14.6 Å². The Morgan fingerprint density at radius 2 is 2.08 bits per heavy atom. The van der Waals surface area contributed by atoms with E-state index in [2.05, 4.69) is 22.1 Å². The first-order chi connectivity index (χ1) is 12.1. The fourth-order valence-electron chi connectivity index (χ4n) is 4.02. The number of hydrogen-bond donors (Lipinski definition) is 1. The molecule has 4 rings (SSSR count). The molecule has 0 bridgehead atoms. The van der Waals surface area contributed by atoms with Crippen molar-refractivity contribution in [2.45, 2.75) is 45.1 Å². The van der Waals surface area contributed by atoms with Crippen molar-refractivity contribution in [1.82, 2.24) is 10.3 Å². The minimum atomic E-state index is 0.0999. The molecule has 134 valence electrons. The highest BCUT2D eigenvalue weighted by molar-refractivity contribution is 6.31. The van der Waals surface area contributed by atoms with Crippen LogP contribution in [0.15, 0.2) is 22.6 Å². The second-order valence-corrected chi connectivity index (χ2v) is 7.83. The third kappa shape index (κ3) is 3.47. The number of nitrogens with zero attached hydrogens (tertiary/aromatic N) is 2. The molecule has 1 aromatic heterocycles. The number of piperidine rings is 1. The van der Waals surface area contributed by atoms with Crippen LogP contribution >= 0.6 is 11.6 Å². The van der Waals surface area contributed by atoms with Crippen LogP contribution < -0.4 is 10.2 Å². The van der Waals surface area contributed by atoms with Gasteiger partial charge in [0.1, 0.15) is 5.52 Å². The van der Waals surface area contributed by atoms with Crippen LogP contribution in [0.3, 0.4) is 0 Å². The monoisotopic (exact) mass is 361 g/mol. The van der Waals surface area contributed by atoms with Gasteiger partial charge >= 0.3 is 0 Å². The lowest BCUT2D eigenvalue weighted by molar-refractivity contribution is -0.126. The second kappa shape index (κ2) is 6.87. The molecule has 5 nitrogen and oxygen atoms in total. The Balaban J connectivity index is 1.36. The van der Waals surface area contributed by atoms with E-state index in [4.69, 9.17) is 16.0 Å². The van der Waals surface area contributed by atoms with Gasteiger partial charge in [-0.05, 0) is 49.8 Å². The number of amides is 1. The average molecular weight is 362 g/mol. The highest BCUT2D eigenvalue weighted by Gasteiger charge is 2.31. The van der Waals surface area contributed by atoms with Crippen molar-refractivity contribution in [2.75, 3.05) is 18.0 Å². The number of carbonyl (C=O) groups excluding carboxylic acids is 1. The van der Waals surface area contributed by atoms with Gasteiger partial charge in [0.2, 0.25) is 5.91 Å². The Morgan fingerprint density at radius 1 is 1.28 bits per heavy atom. The van der Waals surface area contributed by atoms with E-state index in [1.807, 2.05) is 12.1 Å². The van der Waals surface area contributed by atoms with Crippen molar-refractivity contribution >= 4 is 34.6 Å². The summed E-state index contributed by atoms with van der Waals surface area (Å²) in [6.07, 6.45) is 5.26. The molecule has 1 saturated heterocycles. The third-order valence-electron chi connectivity index (χ3n) is 5.66. The number of hydrogen-bond acceptors (Lipinski definition) is 4. The molecule has 2 atom stereocenters. The molecule has 2 fully saturated rings. The summed E-state index contributed by atoms with van der Waals surface area (Å²) in [5, 5.41) is 3.93. The number of aromatic nitrogens is 1. The van der Waals surface area contributed by atoms with Crippen LogP contribution in [0.1, 0.15) is 39.0 Å². The standard InChI is InChI=1S/C19H24ClN3O2/c1-12-3-2-4-15(12)21-18(24)13-7-9-23(10-8-13)19-22-16-11-14(20)5-6-17(16)25-19/h5-6,11-13,15H,2-4,7-10H2,1H3,(H,21,24). The molecule has 1 aromatic carbocycles. The van der Waals surface area contributed by atoms with Gasteiger partial charge in [-0.1, -0.05) is 24.9 Å². The van der Waals surface area contributed by atoms with E-state index in [9.17, 15) is 4.79 Å². The molecule has 6 heteroatoms. The number of benzene rings is 1. The molecule has 1 saturated carbocycles. The van der Waals surface area contributed by atoms with E-state index < -0.39 is 0 Å². The minimum absolute atomic E-state index is 0.0999. The van der Waals surface area contributed by atoms with Crippen molar-refractivity contribution in [1.29, 1.82) is 0 Å². The lowest BCUT2D eigenvalue weighted by Gasteiger charge is -2.31. The summed E-state index contributed by atoms with van der Waals surface area (Å²) in [5.41, 5.74) is 1.52. The molecule has 2 heterocycles. The smallest absolute Gasteiger partial charge is 0.298 e. The average Bonchev–Trinajstić information content (AvgIpc) is 3.21. The van der Waals surface area contributed by atoms with E-state index in [0.717, 1.165) is 43.5 Å². The lowest BCUT2D eigenvalue weighted by atomic mass is 9.95. The number of carbonyl (C=O) groups is 1. The Bertz CT molecular complexity index is 767. The van der Waals surface area contributed by atoms with Gasteiger partial charge in [-0.2, -0.15) is 4.98 Å². The number of anilines is 1. The van der Waals surface area contributed by atoms with Crippen LogP contribution in [0.2, 0.25) is 5.02 Å². The molecule has 1 amide bonds. The van der Waals surface area contributed by atoms with Crippen LogP contribution in [0.5, 0.6) is 0 Å². The zero-order valence-corrected chi connectivity index (χ0v) is 15.3. The summed E-state index contributed by atoms with van der Waals surface area (Å²) >= 11 is 6.01. The molecule has 0 spiro atoms. The van der Waals surface area contributed by atoms with Crippen molar-refractivity contribution in [3.8, 4) is 0 Å². The first kappa shape index (κ1) is 16.7. The Kier molecular flexibility index (Phi) is 4.59. The molecule has 25 heavy (non-hydrogen) atoms.